The minimum absolute atomic E-state index is 0.0161. The van der Waals surface area contributed by atoms with E-state index in [-0.39, 0.29) is 30.2 Å². The highest BCUT2D eigenvalue weighted by Gasteiger charge is 2.29. The predicted molar refractivity (Wildman–Crippen MR) is 133 cm³/mol. The minimum atomic E-state index is -3.77. The van der Waals surface area contributed by atoms with Crippen LogP contribution < -0.4 is 10.6 Å². The lowest BCUT2D eigenvalue weighted by Crippen LogP contribution is -2.38. The van der Waals surface area contributed by atoms with Crippen molar-refractivity contribution in [2.45, 2.75) is 83.1 Å². The third-order valence-electron chi connectivity index (χ3n) is 5.63. The zero-order chi connectivity index (χ0) is 25.8. The molecule has 0 unspecified atom stereocenters. The summed E-state index contributed by atoms with van der Waals surface area (Å²) in [6.45, 7) is 6.68. The van der Waals surface area contributed by atoms with E-state index in [1.54, 1.807) is 26.0 Å². The van der Waals surface area contributed by atoms with E-state index in [9.17, 15) is 18.0 Å². The third-order valence-corrected chi connectivity index (χ3v) is 8.42. The lowest BCUT2D eigenvalue weighted by molar-refractivity contribution is 0.109. The van der Waals surface area contributed by atoms with E-state index in [0.29, 0.717) is 16.3 Å². The van der Waals surface area contributed by atoms with Gasteiger partial charge in [-0.25, -0.2) is 18.0 Å². The van der Waals surface area contributed by atoms with Gasteiger partial charge in [-0.3, -0.25) is 5.32 Å². The molecule has 2 aliphatic carbocycles. The van der Waals surface area contributed by atoms with Gasteiger partial charge in [0.2, 0.25) is 0 Å². The first kappa shape index (κ1) is 26.8. The topological polar surface area (TPSA) is 160 Å². The van der Waals surface area contributed by atoms with Crippen LogP contribution >= 0.6 is 11.3 Å². The summed E-state index contributed by atoms with van der Waals surface area (Å²) >= 11 is 1.38. The molecular weight excluding hydrogens is 494 g/mol. The number of carbonyl (C=O) groups excluding carboxylic acids is 1. The van der Waals surface area contributed by atoms with Crippen molar-refractivity contribution in [2.24, 2.45) is 4.40 Å². The average molecular weight is 526 g/mol. The normalized spacial score (nSPS) is 22.1. The Morgan fingerprint density at radius 2 is 1.83 bits per heavy atom. The summed E-state index contributed by atoms with van der Waals surface area (Å²) in [4.78, 5) is 22.9. The van der Waals surface area contributed by atoms with E-state index in [4.69, 9.17) is 9.84 Å². The fraction of sp³-hybridized carbons (Fsp3) is 0.591. The number of hydrogen-bond donors (Lipinski definition) is 3. The number of nitrogens with one attached hydrogen (secondary N) is 2. The Labute approximate surface area is 208 Å². The molecule has 0 aromatic carbocycles. The molecule has 1 aromatic rings. The Balaban J connectivity index is 1.76. The molecule has 0 spiro atoms. The molecule has 1 aromatic heterocycles. The highest BCUT2D eigenvalue weighted by atomic mass is 32.2. The van der Waals surface area contributed by atoms with Crippen molar-refractivity contribution in [2.75, 3.05) is 0 Å². The highest BCUT2D eigenvalue weighted by Crippen LogP contribution is 2.37. The molecule has 35 heavy (non-hydrogen) atoms. The van der Waals surface area contributed by atoms with Gasteiger partial charge >= 0.3 is 12.2 Å². The quantitative estimate of drug-likeness (QED) is 0.484. The van der Waals surface area contributed by atoms with E-state index in [1.165, 1.54) is 25.2 Å². The molecule has 3 N–H and O–H groups in total. The van der Waals surface area contributed by atoms with Crippen molar-refractivity contribution in [1.82, 2.24) is 20.8 Å². The summed E-state index contributed by atoms with van der Waals surface area (Å²) < 4.78 is 34.1. The Morgan fingerprint density at radius 1 is 1.14 bits per heavy atom. The maximum Gasteiger partial charge on any atom is 0.408 e. The lowest BCUT2D eigenvalue weighted by Gasteiger charge is -2.27. The van der Waals surface area contributed by atoms with Crippen molar-refractivity contribution in [3.8, 4) is 0 Å². The van der Waals surface area contributed by atoms with Crippen molar-refractivity contribution in [3.05, 3.63) is 27.9 Å². The van der Waals surface area contributed by atoms with Gasteiger partial charge in [0.1, 0.15) is 10.0 Å². The van der Waals surface area contributed by atoms with E-state index >= 15 is 0 Å². The molecule has 1 fully saturated rings. The van der Waals surface area contributed by atoms with Gasteiger partial charge in [-0.05, 0) is 65.5 Å². The van der Waals surface area contributed by atoms with Crippen molar-refractivity contribution >= 4 is 44.8 Å². The molecule has 0 bridgehead atoms. The smallest absolute Gasteiger partial charge is 0.408 e. The molecule has 11 nitrogen and oxygen atoms in total. The van der Waals surface area contributed by atoms with Crippen LogP contribution in [-0.2, 0) is 14.8 Å². The second-order valence-electron chi connectivity index (χ2n) is 9.07. The van der Waals surface area contributed by atoms with Gasteiger partial charge in [-0.2, -0.15) is 4.40 Å². The lowest BCUT2D eigenvalue weighted by atomic mass is 9.86. The first-order valence-electron chi connectivity index (χ1n) is 11.5. The molecule has 3 rings (SSSR count). The number of nitrogens with zero attached hydrogens (tertiary/aromatic N) is 3. The molecule has 2 aliphatic rings. The molecule has 0 aliphatic heterocycles. The van der Waals surface area contributed by atoms with Gasteiger partial charge in [0.25, 0.3) is 10.0 Å². The number of carboxylic acid groups (broad SMARTS) is 1. The first-order valence-corrected chi connectivity index (χ1v) is 13.8. The first-order chi connectivity index (χ1) is 16.4. The molecule has 1 heterocycles. The fourth-order valence-electron chi connectivity index (χ4n) is 3.78. The SMILES string of the molecule is CC(C)OC(=O)NC1CCC(c2nnc(C3=CC=C(NC(=O)O)CC3=NS(=O)(=O)C(C)C)s2)CC1. The molecular formula is C22H31N5O6S2. The van der Waals surface area contributed by atoms with Crippen LogP contribution in [0.5, 0.6) is 0 Å². The van der Waals surface area contributed by atoms with Crippen LogP contribution in [-0.4, -0.2) is 59.0 Å². The number of allylic oxidation sites excluding steroid dienone is 4. The second kappa shape index (κ2) is 11.3. The van der Waals surface area contributed by atoms with E-state index < -0.39 is 27.5 Å². The predicted octanol–water partition coefficient (Wildman–Crippen LogP) is 3.82. The van der Waals surface area contributed by atoms with Crippen molar-refractivity contribution in [3.63, 3.8) is 0 Å². The van der Waals surface area contributed by atoms with Crippen molar-refractivity contribution in [1.29, 1.82) is 0 Å². The summed E-state index contributed by atoms with van der Waals surface area (Å²) in [5.74, 6) is 0.184. The van der Waals surface area contributed by atoms with E-state index in [1.807, 2.05) is 0 Å². The maximum atomic E-state index is 12.5. The van der Waals surface area contributed by atoms with Gasteiger partial charge < -0.3 is 15.2 Å². The summed E-state index contributed by atoms with van der Waals surface area (Å²) in [7, 11) is -3.77. The van der Waals surface area contributed by atoms with Crippen LogP contribution in [0.3, 0.4) is 0 Å². The van der Waals surface area contributed by atoms with Crippen molar-refractivity contribution < 1.29 is 27.9 Å². The number of amides is 2. The summed E-state index contributed by atoms with van der Waals surface area (Å²) in [5.41, 5.74) is 1.07. The Hall–Kier alpha value is -2.80. The van der Waals surface area contributed by atoms with Gasteiger partial charge in [0.15, 0.2) is 0 Å². The van der Waals surface area contributed by atoms with Gasteiger partial charge in [-0.1, -0.05) is 11.3 Å². The van der Waals surface area contributed by atoms with E-state index in [2.05, 4.69) is 25.2 Å². The number of aromatic nitrogens is 2. The Bertz CT molecular complexity index is 1140. The molecule has 1 saturated carbocycles. The monoisotopic (exact) mass is 525 g/mol. The second-order valence-corrected chi connectivity index (χ2v) is 12.2. The van der Waals surface area contributed by atoms with Crippen LogP contribution in [0.15, 0.2) is 22.2 Å². The molecule has 13 heteroatoms. The largest absolute Gasteiger partial charge is 0.465 e. The Kier molecular flexibility index (Phi) is 8.65. The Morgan fingerprint density at radius 3 is 2.43 bits per heavy atom. The molecule has 192 valence electrons. The van der Waals surface area contributed by atoms with E-state index in [0.717, 1.165) is 30.7 Å². The minimum Gasteiger partial charge on any atom is -0.465 e. The number of alkyl carbamates (subject to hydrolysis) is 1. The number of ether oxygens (including phenoxy) is 1. The number of carbonyl (C=O) groups is 2. The summed E-state index contributed by atoms with van der Waals surface area (Å²) in [6, 6.07) is 0.0521. The number of rotatable bonds is 7. The van der Waals surface area contributed by atoms with Crippen LogP contribution in [0.1, 0.15) is 75.7 Å². The number of sulfonamides is 1. The van der Waals surface area contributed by atoms with Crippen LogP contribution in [0.2, 0.25) is 0 Å². The zero-order valence-corrected chi connectivity index (χ0v) is 21.8. The fourth-order valence-corrected chi connectivity index (χ4v) is 5.52. The van der Waals surface area contributed by atoms with Gasteiger partial charge in [0, 0.05) is 29.7 Å². The summed E-state index contributed by atoms with van der Waals surface area (Å²) in [5, 5.41) is 23.5. The number of hydrogen-bond acceptors (Lipinski definition) is 8. The zero-order valence-electron chi connectivity index (χ0n) is 20.1. The molecule has 0 radical (unpaired) electrons. The highest BCUT2D eigenvalue weighted by molar-refractivity contribution is 7.90. The third kappa shape index (κ3) is 7.34. The van der Waals surface area contributed by atoms with Crippen LogP contribution in [0.25, 0.3) is 5.57 Å². The van der Waals surface area contributed by atoms with Gasteiger partial charge in [-0.15, -0.1) is 10.2 Å². The molecule has 2 amide bonds. The standard InChI is InChI=1S/C22H31N5O6S2/c1-12(2)33-22(30)24-15-7-5-14(6-8-15)19-25-26-20(34-19)17-10-9-16(23-21(28)29)11-18(17)27-35(31,32)13(3)4/h9-10,12-15,23H,5-8,11H2,1-4H3,(H,24,30)(H,28,29). The molecule has 0 saturated heterocycles. The molecule has 0 atom stereocenters. The average Bonchev–Trinajstić information content (AvgIpc) is 3.23. The maximum absolute atomic E-state index is 12.5. The van der Waals surface area contributed by atoms with Gasteiger partial charge in [0.05, 0.1) is 17.1 Å². The van der Waals surface area contributed by atoms with Crippen LogP contribution in [0, 0.1) is 0 Å². The summed E-state index contributed by atoms with van der Waals surface area (Å²) in [6.07, 6.45) is 4.65. The van der Waals surface area contributed by atoms with Crippen LogP contribution in [0.4, 0.5) is 9.59 Å².